The van der Waals surface area contributed by atoms with Crippen LogP contribution in [0.5, 0.6) is 0 Å². The lowest BCUT2D eigenvalue weighted by molar-refractivity contribution is -0.145. The Kier molecular flexibility index (Phi) is 7.35. The van der Waals surface area contributed by atoms with Crippen molar-refractivity contribution in [2.24, 2.45) is 0 Å². The Hall–Kier alpha value is -3.93. The Balaban J connectivity index is 1.40. The lowest BCUT2D eigenvalue weighted by Crippen LogP contribution is -2.62. The first-order valence-corrected chi connectivity index (χ1v) is 13.1. The van der Waals surface area contributed by atoms with E-state index in [1.165, 1.54) is 0 Å². The van der Waals surface area contributed by atoms with Crippen molar-refractivity contribution in [2.45, 2.75) is 43.6 Å². The van der Waals surface area contributed by atoms with Crippen LogP contribution in [0.15, 0.2) is 91.0 Å². The van der Waals surface area contributed by atoms with Gasteiger partial charge in [0, 0.05) is 19.6 Å². The smallest absolute Gasteiger partial charge is 0.329 e. The van der Waals surface area contributed by atoms with Gasteiger partial charge in [0.05, 0.1) is 16.8 Å². The van der Waals surface area contributed by atoms with Crippen LogP contribution >= 0.6 is 0 Å². The number of hydrogen-bond acceptors (Lipinski definition) is 3. The third kappa shape index (κ3) is 4.88. The molecule has 0 bridgehead atoms. The van der Waals surface area contributed by atoms with Gasteiger partial charge >= 0.3 is 6.03 Å². The summed E-state index contributed by atoms with van der Waals surface area (Å²) < 4.78 is 0. The average Bonchev–Trinajstić information content (AvgIpc) is 2.98. The van der Waals surface area contributed by atoms with Crippen molar-refractivity contribution in [3.05, 3.63) is 96.6 Å². The van der Waals surface area contributed by atoms with E-state index in [0.717, 1.165) is 55.3 Å². The highest BCUT2D eigenvalue weighted by Gasteiger charge is 2.46. The predicted molar refractivity (Wildman–Crippen MR) is 145 cm³/mol. The van der Waals surface area contributed by atoms with Crippen LogP contribution in [0.4, 0.5) is 16.2 Å². The summed E-state index contributed by atoms with van der Waals surface area (Å²) in [6.07, 6.45) is 5.51. The first kappa shape index (κ1) is 24.8. The number of carbonyl (C=O) groups is 3. The molecule has 3 aromatic rings. The molecule has 0 N–H and O–H groups in total. The van der Waals surface area contributed by atoms with Gasteiger partial charge < -0.3 is 14.6 Å². The quantitative estimate of drug-likeness (QED) is 0.436. The number of benzene rings is 3. The minimum atomic E-state index is -0.680. The van der Waals surface area contributed by atoms with E-state index >= 15 is 0 Å². The number of nitrogens with zero attached hydrogens (tertiary/aromatic N) is 3. The first-order valence-electron chi connectivity index (χ1n) is 13.1. The number of hydrogen-bond donors (Lipinski definition) is 0. The third-order valence-corrected chi connectivity index (χ3v) is 7.77. The van der Waals surface area contributed by atoms with Crippen molar-refractivity contribution < 1.29 is 14.4 Å². The zero-order valence-corrected chi connectivity index (χ0v) is 21.0. The van der Waals surface area contributed by atoms with Crippen LogP contribution in [0.1, 0.15) is 37.7 Å². The Morgan fingerprint density at radius 1 is 0.757 bits per heavy atom. The van der Waals surface area contributed by atoms with Gasteiger partial charge in [-0.15, -0.1) is 0 Å². The number of carbonyl (C=O) groups excluding carboxylic acids is 3. The fourth-order valence-electron chi connectivity index (χ4n) is 5.83. The van der Waals surface area contributed by atoms with E-state index in [9.17, 15) is 14.4 Å². The number of piperazine rings is 1. The van der Waals surface area contributed by atoms with E-state index < -0.39 is 11.5 Å². The zero-order valence-electron chi connectivity index (χ0n) is 21.0. The Labute approximate surface area is 218 Å². The number of anilines is 2. The molecule has 0 aromatic heterocycles. The molecular formula is C31H33N3O3. The van der Waals surface area contributed by atoms with Gasteiger partial charge in [-0.1, -0.05) is 86.0 Å². The molecule has 190 valence electrons. The summed E-state index contributed by atoms with van der Waals surface area (Å²) in [5.41, 5.74) is 1.94. The SMILES string of the molecule is O=C[C@@H]1CN(C(=O)N(c2ccccc2)c2ccccc2)CCN1C(=O)C1(c2ccccc2)CCCCC1. The van der Waals surface area contributed by atoms with Gasteiger partial charge in [-0.2, -0.15) is 0 Å². The van der Waals surface area contributed by atoms with E-state index in [-0.39, 0.29) is 18.5 Å². The number of rotatable bonds is 5. The second kappa shape index (κ2) is 11.0. The number of para-hydroxylation sites is 2. The molecule has 3 amide bonds. The summed E-state index contributed by atoms with van der Waals surface area (Å²) in [5.74, 6) is 0.0190. The maximum absolute atomic E-state index is 14.2. The molecule has 1 heterocycles. The van der Waals surface area contributed by atoms with Crippen LogP contribution in [0.2, 0.25) is 0 Å². The molecule has 5 rings (SSSR count). The molecule has 1 saturated carbocycles. The summed E-state index contributed by atoms with van der Waals surface area (Å²) in [7, 11) is 0. The Bertz CT molecular complexity index is 1170. The van der Waals surface area contributed by atoms with Gasteiger partial charge in [-0.25, -0.2) is 4.79 Å². The zero-order chi connectivity index (χ0) is 25.7. The van der Waals surface area contributed by atoms with E-state index in [0.29, 0.717) is 13.1 Å². The Morgan fingerprint density at radius 2 is 1.30 bits per heavy atom. The summed E-state index contributed by atoms with van der Waals surface area (Å²) in [4.78, 5) is 45.4. The average molecular weight is 496 g/mol. The highest BCUT2D eigenvalue weighted by Crippen LogP contribution is 2.41. The molecule has 2 fully saturated rings. The lowest BCUT2D eigenvalue weighted by Gasteiger charge is -2.46. The van der Waals surface area contributed by atoms with Gasteiger partial charge in [0.15, 0.2) is 0 Å². The largest absolute Gasteiger partial charge is 0.329 e. The molecule has 1 aliphatic carbocycles. The summed E-state index contributed by atoms with van der Waals surface area (Å²) >= 11 is 0. The molecule has 2 aliphatic rings. The molecule has 37 heavy (non-hydrogen) atoms. The summed E-state index contributed by atoms with van der Waals surface area (Å²) in [5, 5.41) is 0. The molecule has 3 aromatic carbocycles. The maximum Gasteiger partial charge on any atom is 0.329 e. The molecule has 6 heteroatoms. The number of urea groups is 1. The minimum absolute atomic E-state index is 0.0190. The molecule has 1 aliphatic heterocycles. The van der Waals surface area contributed by atoms with Crippen LogP contribution in [0.25, 0.3) is 0 Å². The second-order valence-electron chi connectivity index (χ2n) is 9.95. The fraction of sp³-hybridized carbons (Fsp3) is 0.323. The Morgan fingerprint density at radius 3 is 1.84 bits per heavy atom. The first-order chi connectivity index (χ1) is 18.1. The van der Waals surface area contributed by atoms with Gasteiger partial charge in [0.1, 0.15) is 12.3 Å². The van der Waals surface area contributed by atoms with E-state index in [2.05, 4.69) is 0 Å². The van der Waals surface area contributed by atoms with Crippen LogP contribution in [-0.2, 0) is 15.0 Å². The number of aldehydes is 1. The van der Waals surface area contributed by atoms with Crippen molar-refractivity contribution in [1.82, 2.24) is 9.80 Å². The van der Waals surface area contributed by atoms with Crippen molar-refractivity contribution in [1.29, 1.82) is 0 Å². The topological polar surface area (TPSA) is 60.9 Å². The van der Waals surface area contributed by atoms with Crippen LogP contribution in [0, 0.1) is 0 Å². The third-order valence-electron chi connectivity index (χ3n) is 7.77. The molecule has 0 radical (unpaired) electrons. The van der Waals surface area contributed by atoms with Gasteiger partial charge in [-0.3, -0.25) is 9.69 Å². The highest BCUT2D eigenvalue weighted by atomic mass is 16.2. The normalized spacial score (nSPS) is 19.2. The molecular weight excluding hydrogens is 462 g/mol. The predicted octanol–water partition coefficient (Wildman–Crippen LogP) is 5.56. The van der Waals surface area contributed by atoms with Crippen molar-refractivity contribution in [2.75, 3.05) is 24.5 Å². The van der Waals surface area contributed by atoms with E-state index in [1.54, 1.807) is 14.7 Å². The maximum atomic E-state index is 14.2. The lowest BCUT2D eigenvalue weighted by atomic mass is 9.68. The monoisotopic (exact) mass is 495 g/mol. The minimum Gasteiger partial charge on any atom is -0.329 e. The highest BCUT2D eigenvalue weighted by molar-refractivity contribution is 6.00. The molecule has 0 spiro atoms. The molecule has 1 atom stereocenters. The van der Waals surface area contributed by atoms with Crippen LogP contribution in [0.3, 0.4) is 0 Å². The van der Waals surface area contributed by atoms with Crippen molar-refractivity contribution >= 4 is 29.6 Å². The van der Waals surface area contributed by atoms with Gasteiger partial charge in [0.2, 0.25) is 5.91 Å². The van der Waals surface area contributed by atoms with Crippen LogP contribution in [-0.4, -0.2) is 53.7 Å². The summed E-state index contributed by atoms with van der Waals surface area (Å²) in [6, 6.07) is 28.1. The summed E-state index contributed by atoms with van der Waals surface area (Å²) in [6.45, 7) is 0.880. The second-order valence-corrected chi connectivity index (χ2v) is 9.95. The fourth-order valence-corrected chi connectivity index (χ4v) is 5.83. The van der Waals surface area contributed by atoms with Crippen molar-refractivity contribution in [3.8, 4) is 0 Å². The van der Waals surface area contributed by atoms with E-state index in [4.69, 9.17) is 0 Å². The molecule has 0 unspecified atom stereocenters. The van der Waals surface area contributed by atoms with Gasteiger partial charge in [0.25, 0.3) is 0 Å². The molecule has 1 saturated heterocycles. The number of amides is 3. The van der Waals surface area contributed by atoms with Gasteiger partial charge in [-0.05, 0) is 42.7 Å². The standard InChI is InChI=1S/C31H33N3O3/c35-24-28-23-32(30(37)34(26-15-7-2-8-16-26)27-17-9-3-10-18-27)21-22-33(28)29(36)31(19-11-4-12-20-31)25-13-5-1-6-14-25/h1-3,5-10,13-18,24,28H,4,11-12,19-23H2/t28-/m0/s1. The van der Waals surface area contributed by atoms with Crippen LogP contribution < -0.4 is 4.90 Å². The van der Waals surface area contributed by atoms with E-state index in [1.807, 2.05) is 91.0 Å². The van der Waals surface area contributed by atoms with Crippen molar-refractivity contribution in [3.63, 3.8) is 0 Å². The molecule has 6 nitrogen and oxygen atoms in total.